The van der Waals surface area contributed by atoms with Gasteiger partial charge in [-0.3, -0.25) is 19.5 Å². The molecule has 2 aliphatic carbocycles. The molecule has 3 N–H and O–H groups in total. The Labute approximate surface area is 180 Å². The van der Waals surface area contributed by atoms with Gasteiger partial charge in [0.1, 0.15) is 0 Å². The molecule has 4 unspecified atom stereocenters. The van der Waals surface area contributed by atoms with Crippen LogP contribution in [0.1, 0.15) is 17.7 Å². The molecular weight excluding hydrogens is 475 g/mol. The largest absolute Gasteiger partial charge is 0.370 e. The van der Waals surface area contributed by atoms with Crippen LogP contribution in [-0.2, 0) is 16.0 Å². The predicted octanol–water partition coefficient (Wildman–Crippen LogP) is 2.01. The Morgan fingerprint density at radius 3 is 2.59 bits per heavy atom. The van der Waals surface area contributed by atoms with Gasteiger partial charge >= 0.3 is 0 Å². The van der Waals surface area contributed by atoms with Crippen LogP contribution in [0.15, 0.2) is 34.7 Å². The van der Waals surface area contributed by atoms with Crippen LogP contribution >= 0.6 is 35.3 Å². The molecule has 3 aliphatic rings. The topological polar surface area (TPSA) is 87.8 Å². The molecule has 6 nitrogen and oxygen atoms in total. The second-order valence-electron chi connectivity index (χ2n) is 7.20. The van der Waals surface area contributed by atoms with Crippen molar-refractivity contribution in [3.8, 4) is 0 Å². The minimum Gasteiger partial charge on any atom is -0.370 e. The van der Waals surface area contributed by atoms with Crippen molar-refractivity contribution < 1.29 is 9.59 Å². The van der Waals surface area contributed by atoms with Gasteiger partial charge in [0.05, 0.1) is 11.8 Å². The summed E-state index contributed by atoms with van der Waals surface area (Å²) in [4.78, 5) is 32.2. The zero-order chi connectivity index (χ0) is 18.1. The van der Waals surface area contributed by atoms with Crippen molar-refractivity contribution in [1.82, 2.24) is 10.2 Å². The van der Waals surface area contributed by atoms with Crippen molar-refractivity contribution in [2.45, 2.75) is 19.3 Å². The van der Waals surface area contributed by atoms with E-state index in [2.05, 4.69) is 33.9 Å². The molecule has 1 saturated carbocycles. The Bertz CT molecular complexity index is 719. The summed E-state index contributed by atoms with van der Waals surface area (Å²) in [5.74, 6) is 0.779. The molecule has 4 rings (SSSR count). The van der Waals surface area contributed by atoms with Crippen LogP contribution in [0, 0.1) is 23.7 Å². The van der Waals surface area contributed by atoms with Crippen molar-refractivity contribution in [1.29, 1.82) is 0 Å². The van der Waals surface area contributed by atoms with E-state index in [0.717, 1.165) is 19.4 Å². The summed E-state index contributed by atoms with van der Waals surface area (Å²) in [6.07, 6.45) is 6.77. The highest BCUT2D eigenvalue weighted by Gasteiger charge is 2.58. The molecule has 2 amide bonds. The van der Waals surface area contributed by atoms with Gasteiger partial charge in [-0.25, -0.2) is 0 Å². The van der Waals surface area contributed by atoms with Crippen LogP contribution in [0.5, 0.6) is 0 Å². The molecule has 1 aromatic heterocycles. The van der Waals surface area contributed by atoms with Crippen LogP contribution in [0.4, 0.5) is 0 Å². The highest BCUT2D eigenvalue weighted by molar-refractivity contribution is 14.0. The number of allylic oxidation sites excluding steroid dienone is 2. The Morgan fingerprint density at radius 1 is 1.26 bits per heavy atom. The molecule has 0 aromatic carbocycles. The lowest BCUT2D eigenvalue weighted by Gasteiger charge is -2.16. The number of halogens is 1. The van der Waals surface area contributed by atoms with Crippen LogP contribution in [-0.4, -0.2) is 42.3 Å². The summed E-state index contributed by atoms with van der Waals surface area (Å²) in [7, 11) is 0. The van der Waals surface area contributed by atoms with Gasteiger partial charge in [-0.1, -0.05) is 18.2 Å². The highest BCUT2D eigenvalue weighted by atomic mass is 127. The number of carbonyl (C=O) groups is 2. The molecule has 1 aromatic rings. The Hall–Kier alpha value is -1.42. The summed E-state index contributed by atoms with van der Waals surface area (Å²) in [6.45, 7) is 1.70. The Morgan fingerprint density at radius 2 is 1.96 bits per heavy atom. The first-order chi connectivity index (χ1) is 12.6. The third kappa shape index (κ3) is 4.06. The SMILES string of the molecule is I.NC(=NCCCN1C(=O)C2C3C=CC(C3)C2C1=O)NCCc1cccs1. The van der Waals surface area contributed by atoms with E-state index in [1.807, 2.05) is 6.07 Å². The average molecular weight is 500 g/mol. The van der Waals surface area contributed by atoms with Crippen LogP contribution in [0.2, 0.25) is 0 Å². The summed E-state index contributed by atoms with van der Waals surface area (Å²) < 4.78 is 0. The summed E-state index contributed by atoms with van der Waals surface area (Å²) in [5, 5.41) is 5.16. The molecule has 2 fully saturated rings. The quantitative estimate of drug-likeness (QED) is 0.150. The summed E-state index contributed by atoms with van der Waals surface area (Å²) >= 11 is 1.73. The summed E-state index contributed by atoms with van der Waals surface area (Å²) in [6, 6.07) is 4.13. The van der Waals surface area contributed by atoms with Gasteiger partial charge in [-0.15, -0.1) is 35.3 Å². The average Bonchev–Trinajstić information content (AvgIpc) is 3.39. The van der Waals surface area contributed by atoms with Gasteiger partial charge in [0.15, 0.2) is 5.96 Å². The van der Waals surface area contributed by atoms with E-state index in [-0.39, 0.29) is 59.5 Å². The van der Waals surface area contributed by atoms with Crippen molar-refractivity contribution in [2.24, 2.45) is 34.4 Å². The molecule has 27 heavy (non-hydrogen) atoms. The molecule has 8 heteroatoms. The van der Waals surface area contributed by atoms with E-state index in [4.69, 9.17) is 5.73 Å². The fourth-order valence-corrected chi connectivity index (χ4v) is 5.15. The predicted molar refractivity (Wildman–Crippen MR) is 117 cm³/mol. The van der Waals surface area contributed by atoms with Crippen LogP contribution in [0.3, 0.4) is 0 Å². The maximum atomic E-state index is 12.6. The monoisotopic (exact) mass is 500 g/mol. The van der Waals surface area contributed by atoms with E-state index in [0.29, 0.717) is 25.5 Å². The number of carbonyl (C=O) groups excluding carboxylic acids is 2. The fraction of sp³-hybridized carbons (Fsp3) is 0.526. The van der Waals surface area contributed by atoms with E-state index < -0.39 is 0 Å². The lowest BCUT2D eigenvalue weighted by atomic mass is 9.85. The van der Waals surface area contributed by atoms with E-state index in [9.17, 15) is 9.59 Å². The third-order valence-corrected chi connectivity index (χ3v) is 6.58. The molecule has 1 aliphatic heterocycles. The number of aliphatic imine (C=N–C) groups is 1. The van der Waals surface area contributed by atoms with Gasteiger partial charge < -0.3 is 11.1 Å². The van der Waals surface area contributed by atoms with Crippen molar-refractivity contribution in [3.63, 3.8) is 0 Å². The lowest BCUT2D eigenvalue weighted by molar-refractivity contribution is -0.140. The number of nitrogens with two attached hydrogens (primary N) is 1. The maximum absolute atomic E-state index is 12.6. The molecule has 0 spiro atoms. The minimum absolute atomic E-state index is 0. The molecule has 4 atom stereocenters. The second kappa shape index (κ2) is 8.72. The number of imide groups is 1. The number of fused-ring (bicyclic) bond motifs is 5. The van der Waals surface area contributed by atoms with Crippen molar-refractivity contribution in [3.05, 3.63) is 34.5 Å². The summed E-state index contributed by atoms with van der Waals surface area (Å²) in [5.41, 5.74) is 5.87. The second-order valence-corrected chi connectivity index (χ2v) is 8.24. The van der Waals surface area contributed by atoms with Gasteiger partial charge in [-0.2, -0.15) is 0 Å². The molecule has 2 bridgehead atoms. The maximum Gasteiger partial charge on any atom is 0.233 e. The zero-order valence-corrected chi connectivity index (χ0v) is 18.2. The minimum atomic E-state index is -0.106. The Kier molecular flexibility index (Phi) is 6.56. The number of likely N-dealkylation sites (tertiary alicyclic amines) is 1. The fourth-order valence-electron chi connectivity index (χ4n) is 4.44. The van der Waals surface area contributed by atoms with Crippen LogP contribution in [0.25, 0.3) is 0 Å². The Balaban J connectivity index is 0.00000210. The molecule has 0 radical (unpaired) electrons. The van der Waals surface area contributed by atoms with Crippen molar-refractivity contribution >= 4 is 53.1 Å². The van der Waals surface area contributed by atoms with Crippen LogP contribution < -0.4 is 11.1 Å². The molecule has 1 saturated heterocycles. The van der Waals surface area contributed by atoms with Gasteiger partial charge in [0.2, 0.25) is 11.8 Å². The van der Waals surface area contributed by atoms with Gasteiger partial charge in [0, 0.05) is 24.5 Å². The number of hydrogen-bond acceptors (Lipinski definition) is 4. The number of thiophene rings is 1. The molecule has 2 heterocycles. The van der Waals surface area contributed by atoms with E-state index >= 15 is 0 Å². The third-order valence-electron chi connectivity index (χ3n) is 5.64. The first kappa shape index (κ1) is 20.3. The number of hydrogen-bond donors (Lipinski definition) is 2. The van der Waals surface area contributed by atoms with Gasteiger partial charge in [-0.05, 0) is 42.5 Å². The zero-order valence-electron chi connectivity index (χ0n) is 15.0. The van der Waals surface area contributed by atoms with E-state index in [1.165, 1.54) is 9.78 Å². The number of nitrogens with one attached hydrogen (secondary N) is 1. The number of nitrogens with zero attached hydrogens (tertiary/aromatic N) is 2. The number of guanidine groups is 1. The normalized spacial score (nSPS) is 28.6. The number of amides is 2. The highest BCUT2D eigenvalue weighted by Crippen LogP contribution is 2.52. The van der Waals surface area contributed by atoms with Crippen molar-refractivity contribution in [2.75, 3.05) is 19.6 Å². The van der Waals surface area contributed by atoms with E-state index in [1.54, 1.807) is 11.3 Å². The first-order valence-corrected chi connectivity index (χ1v) is 10.1. The molecule has 146 valence electrons. The first-order valence-electron chi connectivity index (χ1n) is 9.25. The molecular formula is C19H25IN4O2S. The standard InChI is InChI=1S/C19H24N4O2S.HI/c20-19(22-8-6-14-3-1-10-26-14)21-7-2-9-23-17(24)15-12-4-5-13(11-12)16(15)18(23)25;/h1,3-5,10,12-13,15-16H,2,6-9,11H2,(H3,20,21,22);1H. The lowest BCUT2D eigenvalue weighted by Crippen LogP contribution is -2.35. The number of rotatable bonds is 7. The van der Waals surface area contributed by atoms with Gasteiger partial charge in [0.25, 0.3) is 0 Å². The smallest absolute Gasteiger partial charge is 0.233 e.